The fourth-order valence-electron chi connectivity index (χ4n) is 3.75. The van der Waals surface area contributed by atoms with Crippen LogP contribution in [0.5, 0.6) is 0 Å². The molecule has 0 spiro atoms. The van der Waals surface area contributed by atoms with Gasteiger partial charge >= 0.3 is 0 Å². The molecule has 152 valence electrons. The van der Waals surface area contributed by atoms with Gasteiger partial charge in [-0.2, -0.15) is 11.3 Å². The fourth-order valence-corrected chi connectivity index (χ4v) is 4.42. The zero-order valence-electron chi connectivity index (χ0n) is 16.7. The minimum Gasteiger partial charge on any atom is -0.451 e. The van der Waals surface area contributed by atoms with Gasteiger partial charge in [0.2, 0.25) is 5.91 Å². The van der Waals surface area contributed by atoms with Crippen molar-refractivity contribution in [3.05, 3.63) is 52.4 Å². The Labute approximate surface area is 174 Å². The summed E-state index contributed by atoms with van der Waals surface area (Å²) in [5.41, 5.74) is 2.35. The SMILES string of the molecule is CN(C)C1CCN(C(=O)c2cc3cc(NC(=O)Cc4ccsc4)ccc3o2)CC1. The second-order valence-electron chi connectivity index (χ2n) is 7.71. The number of hydrogen-bond acceptors (Lipinski definition) is 5. The number of carbonyl (C=O) groups is 2. The van der Waals surface area contributed by atoms with E-state index < -0.39 is 0 Å². The average molecular weight is 412 g/mol. The van der Waals surface area contributed by atoms with Gasteiger partial charge in [0.05, 0.1) is 6.42 Å². The quantitative estimate of drug-likeness (QED) is 0.693. The van der Waals surface area contributed by atoms with Gasteiger partial charge < -0.3 is 19.5 Å². The van der Waals surface area contributed by atoms with Crippen molar-refractivity contribution in [3.8, 4) is 0 Å². The number of thiophene rings is 1. The summed E-state index contributed by atoms with van der Waals surface area (Å²) >= 11 is 1.58. The highest BCUT2D eigenvalue weighted by molar-refractivity contribution is 7.08. The van der Waals surface area contributed by atoms with Gasteiger partial charge in [0.1, 0.15) is 5.58 Å². The number of benzene rings is 1. The summed E-state index contributed by atoms with van der Waals surface area (Å²) in [5, 5.41) is 7.65. The van der Waals surface area contributed by atoms with E-state index in [0.29, 0.717) is 29.5 Å². The van der Waals surface area contributed by atoms with Crippen LogP contribution in [0.2, 0.25) is 0 Å². The van der Waals surface area contributed by atoms with Crippen LogP contribution in [0, 0.1) is 0 Å². The minimum atomic E-state index is -0.0681. The number of likely N-dealkylation sites (tertiary alicyclic amines) is 1. The van der Waals surface area contributed by atoms with Crippen LogP contribution in [0.15, 0.2) is 45.5 Å². The lowest BCUT2D eigenvalue weighted by Gasteiger charge is -2.34. The van der Waals surface area contributed by atoms with Crippen LogP contribution in [0.25, 0.3) is 11.0 Å². The molecular weight excluding hydrogens is 386 g/mol. The number of rotatable bonds is 5. The molecule has 0 unspecified atom stereocenters. The Kier molecular flexibility index (Phi) is 5.69. The predicted molar refractivity (Wildman–Crippen MR) is 115 cm³/mol. The summed E-state index contributed by atoms with van der Waals surface area (Å²) in [4.78, 5) is 29.1. The molecule has 0 saturated carbocycles. The minimum absolute atomic E-state index is 0.0636. The van der Waals surface area contributed by atoms with Gasteiger partial charge in [0, 0.05) is 30.2 Å². The topological polar surface area (TPSA) is 65.8 Å². The van der Waals surface area contributed by atoms with Crippen molar-refractivity contribution >= 4 is 39.8 Å². The van der Waals surface area contributed by atoms with Gasteiger partial charge in [-0.1, -0.05) is 0 Å². The van der Waals surface area contributed by atoms with Crippen molar-refractivity contribution in [2.24, 2.45) is 0 Å². The molecule has 1 fully saturated rings. The van der Waals surface area contributed by atoms with Gasteiger partial charge in [-0.15, -0.1) is 0 Å². The van der Waals surface area contributed by atoms with Crippen molar-refractivity contribution in [1.29, 1.82) is 0 Å². The molecule has 1 saturated heterocycles. The Morgan fingerprint density at radius 1 is 1.21 bits per heavy atom. The first-order chi connectivity index (χ1) is 14.0. The lowest BCUT2D eigenvalue weighted by atomic mass is 10.0. The Balaban J connectivity index is 1.43. The molecule has 1 N–H and O–H groups in total. The number of amides is 2. The molecule has 1 aliphatic rings. The van der Waals surface area contributed by atoms with E-state index >= 15 is 0 Å². The zero-order chi connectivity index (χ0) is 20.4. The predicted octanol–water partition coefficient (Wildman–Crippen LogP) is 3.84. The molecule has 0 atom stereocenters. The molecule has 1 aliphatic heterocycles. The molecule has 2 amide bonds. The maximum absolute atomic E-state index is 12.8. The third-order valence-electron chi connectivity index (χ3n) is 5.44. The number of hydrogen-bond donors (Lipinski definition) is 1. The Morgan fingerprint density at radius 3 is 2.69 bits per heavy atom. The Morgan fingerprint density at radius 2 is 2.00 bits per heavy atom. The molecule has 7 heteroatoms. The van der Waals surface area contributed by atoms with Crippen molar-refractivity contribution < 1.29 is 14.0 Å². The molecule has 3 aromatic rings. The van der Waals surface area contributed by atoms with Crippen LogP contribution in [0.3, 0.4) is 0 Å². The summed E-state index contributed by atoms with van der Waals surface area (Å²) in [6.07, 6.45) is 2.29. The summed E-state index contributed by atoms with van der Waals surface area (Å²) in [7, 11) is 4.16. The molecule has 1 aromatic carbocycles. The number of nitrogens with zero attached hydrogens (tertiary/aromatic N) is 2. The van der Waals surface area contributed by atoms with Gasteiger partial charge in [-0.25, -0.2) is 0 Å². The van der Waals surface area contributed by atoms with E-state index in [2.05, 4.69) is 24.3 Å². The van der Waals surface area contributed by atoms with Gasteiger partial charge in [-0.05, 0) is 73.6 Å². The zero-order valence-corrected chi connectivity index (χ0v) is 17.5. The van der Waals surface area contributed by atoms with E-state index in [1.165, 1.54) is 0 Å². The molecule has 6 nitrogen and oxygen atoms in total. The third kappa shape index (κ3) is 4.52. The summed E-state index contributed by atoms with van der Waals surface area (Å²) in [5.74, 6) is 0.220. The first-order valence-electron chi connectivity index (χ1n) is 9.80. The highest BCUT2D eigenvalue weighted by atomic mass is 32.1. The number of furan rings is 1. The normalized spacial score (nSPS) is 15.2. The maximum atomic E-state index is 12.8. The average Bonchev–Trinajstić information content (AvgIpc) is 3.36. The van der Waals surface area contributed by atoms with E-state index in [-0.39, 0.29) is 11.8 Å². The van der Waals surface area contributed by atoms with Crippen LogP contribution in [0.1, 0.15) is 29.0 Å². The van der Waals surface area contributed by atoms with Crippen LogP contribution in [-0.2, 0) is 11.2 Å². The molecule has 0 radical (unpaired) electrons. The number of fused-ring (bicyclic) bond motifs is 1. The van der Waals surface area contributed by atoms with Gasteiger partial charge in [0.15, 0.2) is 5.76 Å². The summed E-state index contributed by atoms with van der Waals surface area (Å²) < 4.78 is 5.79. The maximum Gasteiger partial charge on any atom is 0.289 e. The second kappa shape index (κ2) is 8.39. The third-order valence-corrected chi connectivity index (χ3v) is 6.17. The van der Waals surface area contributed by atoms with Crippen LogP contribution < -0.4 is 5.32 Å². The Bertz CT molecular complexity index is 1000. The lowest BCUT2D eigenvalue weighted by Crippen LogP contribution is -2.44. The van der Waals surface area contributed by atoms with E-state index in [1.807, 2.05) is 27.8 Å². The monoisotopic (exact) mass is 411 g/mol. The van der Waals surface area contributed by atoms with Crippen molar-refractivity contribution in [3.63, 3.8) is 0 Å². The molecule has 0 bridgehead atoms. The second-order valence-corrected chi connectivity index (χ2v) is 8.49. The first-order valence-corrected chi connectivity index (χ1v) is 10.7. The highest BCUT2D eigenvalue weighted by Crippen LogP contribution is 2.25. The van der Waals surface area contributed by atoms with Crippen LogP contribution in [0.4, 0.5) is 5.69 Å². The molecule has 2 aromatic heterocycles. The number of anilines is 1. The van der Waals surface area contributed by atoms with Crippen LogP contribution >= 0.6 is 11.3 Å². The number of carbonyl (C=O) groups excluding carboxylic acids is 2. The number of nitrogens with one attached hydrogen (secondary N) is 1. The highest BCUT2D eigenvalue weighted by Gasteiger charge is 2.26. The summed E-state index contributed by atoms with van der Waals surface area (Å²) in [6, 6.07) is 9.68. The van der Waals surface area contributed by atoms with Crippen LogP contribution in [-0.4, -0.2) is 54.8 Å². The van der Waals surface area contributed by atoms with Crippen molar-refractivity contribution in [2.45, 2.75) is 25.3 Å². The van der Waals surface area contributed by atoms with E-state index in [4.69, 9.17) is 4.42 Å². The van der Waals surface area contributed by atoms with E-state index in [9.17, 15) is 9.59 Å². The molecule has 29 heavy (non-hydrogen) atoms. The number of piperidine rings is 1. The molecule has 0 aliphatic carbocycles. The van der Waals surface area contributed by atoms with Crippen molar-refractivity contribution in [1.82, 2.24) is 9.80 Å². The molecule has 3 heterocycles. The standard InChI is InChI=1S/C22H25N3O3S/c1-24(2)18-5-8-25(9-6-18)22(27)20-13-16-12-17(3-4-19(16)28-20)23-21(26)11-15-7-10-29-14-15/h3-4,7,10,12-14,18H,5-6,8-9,11H2,1-2H3,(H,23,26). The van der Waals surface area contributed by atoms with Gasteiger partial charge in [0.25, 0.3) is 5.91 Å². The fraction of sp³-hybridized carbons (Fsp3) is 0.364. The molecular formula is C22H25N3O3S. The smallest absolute Gasteiger partial charge is 0.289 e. The molecule has 4 rings (SSSR count). The van der Waals surface area contributed by atoms with E-state index in [1.54, 1.807) is 29.5 Å². The lowest BCUT2D eigenvalue weighted by molar-refractivity contribution is -0.115. The van der Waals surface area contributed by atoms with E-state index in [0.717, 1.165) is 36.9 Å². The first kappa shape index (κ1) is 19.7. The van der Waals surface area contributed by atoms with Gasteiger partial charge in [-0.3, -0.25) is 9.59 Å². The summed E-state index contributed by atoms with van der Waals surface area (Å²) in [6.45, 7) is 1.48. The van der Waals surface area contributed by atoms with Crippen molar-refractivity contribution in [2.75, 3.05) is 32.5 Å². The Hall–Kier alpha value is -2.64. The largest absolute Gasteiger partial charge is 0.451 e.